The van der Waals surface area contributed by atoms with E-state index in [9.17, 15) is 10.2 Å². The summed E-state index contributed by atoms with van der Waals surface area (Å²) in [7, 11) is 0. The van der Waals surface area contributed by atoms with Gasteiger partial charge in [-0.1, -0.05) is 31.9 Å². The van der Waals surface area contributed by atoms with Crippen molar-refractivity contribution in [1.82, 2.24) is 10.2 Å². The number of phenolic OH excluding ortho intramolecular Hbond substituents is 2. The molecule has 3 N–H and O–H groups in total. The minimum atomic E-state index is 0.207. The van der Waals surface area contributed by atoms with Crippen LogP contribution in [0, 0.1) is 11.3 Å². The Morgan fingerprint density at radius 1 is 0.970 bits per heavy atom. The van der Waals surface area contributed by atoms with Crippen LogP contribution in [0.3, 0.4) is 0 Å². The van der Waals surface area contributed by atoms with Crippen LogP contribution in [0.25, 0.3) is 0 Å². The quantitative estimate of drug-likeness (QED) is 0.492. The SMILES string of the molecule is N#CCCN1CCNCc2cc(Br)cc(c2O)C=NCCCN=Cc2cc(Br)cc(c2O)C1. The summed E-state index contributed by atoms with van der Waals surface area (Å²) in [5, 5.41) is 33.9. The summed E-state index contributed by atoms with van der Waals surface area (Å²) < 4.78 is 1.75. The third-order valence-corrected chi connectivity index (χ3v) is 6.17. The molecule has 33 heavy (non-hydrogen) atoms. The molecule has 2 aromatic carbocycles. The second-order valence-corrected chi connectivity index (χ2v) is 9.62. The first-order valence-corrected chi connectivity index (χ1v) is 12.4. The maximum absolute atomic E-state index is 10.8. The Kier molecular flexibility index (Phi) is 9.88. The van der Waals surface area contributed by atoms with Gasteiger partial charge in [0.1, 0.15) is 11.5 Å². The van der Waals surface area contributed by atoms with E-state index >= 15 is 0 Å². The lowest BCUT2D eigenvalue weighted by Crippen LogP contribution is -2.32. The van der Waals surface area contributed by atoms with E-state index in [4.69, 9.17) is 5.26 Å². The zero-order valence-corrected chi connectivity index (χ0v) is 21.4. The number of nitrogens with one attached hydrogen (secondary N) is 1. The standard InChI is InChI=1S/C24H27Br2N5O2/c25-21-9-17-13-28-4-2-5-29-14-19-11-22(26)12-20(24(19)33)16-31(7-1-3-27)8-6-30-15-18(10-21)23(17)32/h9-14,30,32-33H,1-2,4-8,15-16H2. The normalized spacial score (nSPS) is 15.9. The van der Waals surface area contributed by atoms with Crippen molar-refractivity contribution in [2.75, 3.05) is 32.7 Å². The zero-order chi connectivity index (χ0) is 23.6. The highest BCUT2D eigenvalue weighted by Gasteiger charge is 2.14. The van der Waals surface area contributed by atoms with Crippen LogP contribution in [0.2, 0.25) is 0 Å². The molecule has 1 heterocycles. The van der Waals surface area contributed by atoms with Crippen molar-refractivity contribution >= 4 is 44.3 Å². The third-order valence-electron chi connectivity index (χ3n) is 5.26. The lowest BCUT2D eigenvalue weighted by atomic mass is 10.1. The Bertz CT molecular complexity index is 1070. The number of benzene rings is 2. The van der Waals surface area contributed by atoms with Gasteiger partial charge in [-0.05, 0) is 30.7 Å². The summed E-state index contributed by atoms with van der Waals surface area (Å²) in [6.45, 7) is 4.10. The topological polar surface area (TPSA) is 104 Å². The van der Waals surface area contributed by atoms with Gasteiger partial charge in [-0.3, -0.25) is 14.9 Å². The lowest BCUT2D eigenvalue weighted by Gasteiger charge is -2.23. The van der Waals surface area contributed by atoms with Crippen molar-refractivity contribution in [1.29, 1.82) is 5.26 Å². The molecule has 0 saturated heterocycles. The van der Waals surface area contributed by atoms with Crippen LogP contribution in [-0.4, -0.2) is 60.3 Å². The number of halogens is 2. The minimum Gasteiger partial charge on any atom is -0.507 e. The Hall–Kier alpha value is -2.25. The highest BCUT2D eigenvalue weighted by atomic mass is 79.9. The molecule has 0 aliphatic carbocycles. The number of nitrogens with zero attached hydrogens (tertiary/aromatic N) is 4. The summed E-state index contributed by atoms with van der Waals surface area (Å²) in [6.07, 6.45) is 4.53. The summed E-state index contributed by atoms with van der Waals surface area (Å²) in [5.74, 6) is 0.427. The van der Waals surface area contributed by atoms with Crippen LogP contribution < -0.4 is 5.32 Å². The van der Waals surface area contributed by atoms with E-state index in [1.165, 1.54) is 0 Å². The molecule has 0 fully saturated rings. The molecule has 1 aliphatic rings. The Morgan fingerprint density at radius 3 is 2.21 bits per heavy atom. The highest BCUT2D eigenvalue weighted by molar-refractivity contribution is 9.10. The van der Waals surface area contributed by atoms with Crippen molar-refractivity contribution in [2.45, 2.75) is 25.9 Å². The molecule has 174 valence electrons. The Balaban J connectivity index is 1.86. The number of rotatable bonds is 2. The number of hydrogen-bond acceptors (Lipinski definition) is 7. The predicted octanol–water partition coefficient (Wildman–Crippen LogP) is 4.37. The van der Waals surface area contributed by atoms with E-state index < -0.39 is 0 Å². The van der Waals surface area contributed by atoms with Gasteiger partial charge in [0.25, 0.3) is 0 Å². The third kappa shape index (κ3) is 7.64. The number of hydrogen-bond donors (Lipinski definition) is 3. The van der Waals surface area contributed by atoms with E-state index in [0.29, 0.717) is 63.4 Å². The predicted molar refractivity (Wildman–Crippen MR) is 138 cm³/mol. The van der Waals surface area contributed by atoms with Gasteiger partial charge in [-0.2, -0.15) is 5.26 Å². The summed E-state index contributed by atoms with van der Waals surface area (Å²) >= 11 is 7.04. The second-order valence-electron chi connectivity index (χ2n) is 7.79. The largest absolute Gasteiger partial charge is 0.507 e. The average molecular weight is 577 g/mol. The van der Waals surface area contributed by atoms with Gasteiger partial charge in [0.2, 0.25) is 0 Å². The van der Waals surface area contributed by atoms with Crippen LogP contribution in [0.1, 0.15) is 35.1 Å². The molecule has 3 rings (SSSR count). The first-order chi connectivity index (χ1) is 16.0. The van der Waals surface area contributed by atoms with Gasteiger partial charge in [0.15, 0.2) is 0 Å². The zero-order valence-electron chi connectivity index (χ0n) is 18.3. The van der Waals surface area contributed by atoms with Gasteiger partial charge in [-0.25, -0.2) is 0 Å². The molecule has 9 heteroatoms. The molecule has 0 spiro atoms. The van der Waals surface area contributed by atoms with E-state index in [1.807, 2.05) is 24.3 Å². The van der Waals surface area contributed by atoms with Crippen molar-refractivity contribution in [3.8, 4) is 17.6 Å². The highest BCUT2D eigenvalue weighted by Crippen LogP contribution is 2.28. The van der Waals surface area contributed by atoms with E-state index in [0.717, 1.165) is 26.5 Å². The van der Waals surface area contributed by atoms with Crippen LogP contribution in [0.15, 0.2) is 43.2 Å². The fourth-order valence-corrected chi connectivity index (χ4v) is 4.61. The summed E-state index contributed by atoms with van der Waals surface area (Å²) in [4.78, 5) is 11.0. The molecular weight excluding hydrogens is 550 g/mol. The van der Waals surface area contributed by atoms with Crippen molar-refractivity contribution in [2.24, 2.45) is 9.98 Å². The molecule has 0 amide bonds. The van der Waals surface area contributed by atoms with Gasteiger partial charge >= 0.3 is 0 Å². The maximum atomic E-state index is 10.8. The van der Waals surface area contributed by atoms with Gasteiger partial charge < -0.3 is 15.5 Å². The maximum Gasteiger partial charge on any atom is 0.128 e. The second kappa shape index (κ2) is 12.8. The Morgan fingerprint density at radius 2 is 1.58 bits per heavy atom. The summed E-state index contributed by atoms with van der Waals surface area (Å²) in [5.41, 5.74) is 2.89. The number of aliphatic imine (C=N–C) groups is 2. The first-order valence-electron chi connectivity index (χ1n) is 10.8. The lowest BCUT2D eigenvalue weighted by molar-refractivity contribution is 0.266. The van der Waals surface area contributed by atoms with Crippen LogP contribution in [-0.2, 0) is 13.1 Å². The van der Waals surface area contributed by atoms with Gasteiger partial charge in [-0.15, -0.1) is 0 Å². The average Bonchev–Trinajstić information content (AvgIpc) is 2.78. The van der Waals surface area contributed by atoms with Crippen LogP contribution >= 0.6 is 31.9 Å². The van der Waals surface area contributed by atoms with Gasteiger partial charge in [0, 0.05) is 95.9 Å². The number of nitriles is 1. The molecule has 7 nitrogen and oxygen atoms in total. The van der Waals surface area contributed by atoms with Crippen molar-refractivity contribution in [3.05, 3.63) is 55.5 Å². The monoisotopic (exact) mass is 575 g/mol. The molecular formula is C24H27Br2N5O2. The number of aromatic hydroxyl groups is 2. The van der Waals surface area contributed by atoms with Crippen molar-refractivity contribution < 1.29 is 10.2 Å². The fourth-order valence-electron chi connectivity index (χ4n) is 3.57. The van der Waals surface area contributed by atoms with Crippen LogP contribution in [0.4, 0.5) is 0 Å². The number of fused-ring (bicyclic) bond motifs is 4. The molecule has 0 radical (unpaired) electrons. The van der Waals surface area contributed by atoms with E-state index in [-0.39, 0.29) is 11.5 Å². The minimum absolute atomic E-state index is 0.207. The van der Waals surface area contributed by atoms with Crippen LogP contribution in [0.5, 0.6) is 11.5 Å². The van der Waals surface area contributed by atoms with E-state index in [1.54, 1.807) is 12.4 Å². The Labute approximate surface area is 211 Å². The molecule has 4 bridgehead atoms. The smallest absolute Gasteiger partial charge is 0.128 e. The molecule has 1 aliphatic heterocycles. The first kappa shape index (κ1) is 25.4. The fraction of sp³-hybridized carbons (Fsp3) is 0.375. The molecule has 2 aromatic rings. The molecule has 0 saturated carbocycles. The molecule has 0 aromatic heterocycles. The summed E-state index contributed by atoms with van der Waals surface area (Å²) in [6, 6.07) is 9.69. The molecule has 0 unspecified atom stereocenters. The molecule has 0 atom stereocenters. The number of phenols is 2. The van der Waals surface area contributed by atoms with Crippen molar-refractivity contribution in [3.63, 3.8) is 0 Å². The van der Waals surface area contributed by atoms with E-state index in [2.05, 4.69) is 58.1 Å². The van der Waals surface area contributed by atoms with Gasteiger partial charge in [0.05, 0.1) is 6.07 Å².